The molecule has 0 aliphatic heterocycles. The number of rotatable bonds is 0. The van der Waals surface area contributed by atoms with Gasteiger partial charge < -0.3 is 16.0 Å². The van der Waals surface area contributed by atoms with Crippen LogP contribution in [0.25, 0.3) is 0 Å². The zero-order valence-electron chi connectivity index (χ0n) is 7.75. The van der Waals surface area contributed by atoms with E-state index < -0.39 is 11.9 Å². The second-order valence-electron chi connectivity index (χ2n) is 2.14. The van der Waals surface area contributed by atoms with Crippen molar-refractivity contribution in [1.82, 2.24) is 0 Å². The second kappa shape index (κ2) is 16.4. The fourth-order valence-electron chi connectivity index (χ4n) is 0.534. The van der Waals surface area contributed by atoms with Crippen LogP contribution < -0.4 is 11.5 Å². The van der Waals surface area contributed by atoms with Crippen LogP contribution in [0.5, 0.6) is 0 Å². The molecule has 0 aromatic heterocycles. The Kier molecular flexibility index (Phi) is 22.4. The van der Waals surface area contributed by atoms with Crippen LogP contribution in [0.1, 0.15) is 5.56 Å². The van der Waals surface area contributed by atoms with Crippen molar-refractivity contribution in [3.8, 4) is 0 Å². The van der Waals surface area contributed by atoms with Crippen LogP contribution in [-0.4, -0.2) is 43.4 Å². The first-order valence-electron chi connectivity index (χ1n) is 3.57. The van der Waals surface area contributed by atoms with E-state index in [-0.39, 0.29) is 34.7 Å². The van der Waals surface area contributed by atoms with E-state index in [1.54, 1.807) is 0 Å². The normalized spacial score (nSPS) is 6.80. The molecule has 0 amide bonds. The predicted molar refractivity (Wildman–Crippen MR) is 71.5 cm³/mol. The van der Waals surface area contributed by atoms with E-state index in [0.717, 1.165) is 0 Å². The summed E-state index contributed by atoms with van der Waals surface area (Å²) in [6, 6.07) is 10.3. The van der Waals surface area contributed by atoms with Gasteiger partial charge in [0.25, 0.3) is 0 Å². The topological polar surface area (TPSA) is 89.3 Å². The van der Waals surface area contributed by atoms with E-state index >= 15 is 0 Å². The SMILES string of the molecule is Cc1ccccc1.NC(N)=S.O=[SH]O.[NaH]. The molecule has 1 aromatic carbocycles. The molecule has 0 spiro atoms. The maximum atomic E-state index is 8.46. The molecule has 0 unspecified atom stereocenters. The average Bonchev–Trinajstić information content (AvgIpc) is 2.05. The van der Waals surface area contributed by atoms with Crippen LogP contribution in [-0.2, 0) is 11.9 Å². The molecule has 5 N–H and O–H groups in total. The van der Waals surface area contributed by atoms with E-state index in [2.05, 4.69) is 42.7 Å². The van der Waals surface area contributed by atoms with Crippen LogP contribution >= 0.6 is 12.2 Å². The number of aryl methyl sites for hydroxylation is 1. The molecular formula is C8H15N2NaO2S2. The van der Waals surface area contributed by atoms with Crippen LogP contribution in [0.15, 0.2) is 30.3 Å². The van der Waals surface area contributed by atoms with Gasteiger partial charge in [0.15, 0.2) is 5.11 Å². The zero-order valence-corrected chi connectivity index (χ0v) is 9.46. The molecule has 0 saturated heterocycles. The third-order valence-electron chi connectivity index (χ3n) is 0.940. The van der Waals surface area contributed by atoms with Gasteiger partial charge in [-0.05, 0) is 19.1 Å². The predicted octanol–water partition coefficient (Wildman–Crippen LogP) is -0.0601. The molecule has 0 radical (unpaired) electrons. The maximum absolute atomic E-state index is 8.46. The van der Waals surface area contributed by atoms with Gasteiger partial charge in [0.1, 0.15) is 11.9 Å². The van der Waals surface area contributed by atoms with Crippen molar-refractivity contribution in [2.45, 2.75) is 6.92 Å². The fourth-order valence-corrected chi connectivity index (χ4v) is 0.534. The van der Waals surface area contributed by atoms with Gasteiger partial charge in [-0.2, -0.15) is 0 Å². The molecule has 0 aliphatic rings. The van der Waals surface area contributed by atoms with Crippen molar-refractivity contribution >= 4 is 58.8 Å². The Balaban J connectivity index is -0.000000158. The molecule has 82 valence electrons. The molecule has 7 heteroatoms. The van der Waals surface area contributed by atoms with Gasteiger partial charge in [-0.25, -0.2) is 4.21 Å². The van der Waals surface area contributed by atoms with Crippen molar-refractivity contribution in [1.29, 1.82) is 0 Å². The summed E-state index contributed by atoms with van der Waals surface area (Å²) in [5.74, 6) is 0. The first-order chi connectivity index (χ1) is 6.54. The van der Waals surface area contributed by atoms with Crippen molar-refractivity contribution in [3.05, 3.63) is 35.9 Å². The summed E-state index contributed by atoms with van der Waals surface area (Å²) in [5.41, 5.74) is 10.6. The van der Waals surface area contributed by atoms with E-state index in [9.17, 15) is 0 Å². The monoisotopic (exact) mass is 258 g/mol. The summed E-state index contributed by atoms with van der Waals surface area (Å²) < 4.78 is 15.4. The Bertz CT molecular complexity index is 256. The van der Waals surface area contributed by atoms with Gasteiger partial charge in [-0.15, -0.1) is 0 Å². The van der Waals surface area contributed by atoms with E-state index in [1.165, 1.54) is 5.56 Å². The van der Waals surface area contributed by atoms with Crippen LogP contribution in [0.4, 0.5) is 0 Å². The molecule has 0 aliphatic carbocycles. The Morgan fingerprint density at radius 3 is 1.73 bits per heavy atom. The van der Waals surface area contributed by atoms with Crippen LogP contribution in [0.3, 0.4) is 0 Å². The summed E-state index contributed by atoms with van der Waals surface area (Å²) in [4.78, 5) is 0. The summed E-state index contributed by atoms with van der Waals surface area (Å²) in [6.07, 6.45) is 0. The van der Waals surface area contributed by atoms with Crippen molar-refractivity contribution in [2.24, 2.45) is 11.5 Å². The minimum absolute atomic E-state index is 0. The third-order valence-corrected chi connectivity index (χ3v) is 0.940. The quantitative estimate of drug-likeness (QED) is 0.227. The summed E-state index contributed by atoms with van der Waals surface area (Å²) in [7, 11) is 0. The van der Waals surface area contributed by atoms with Gasteiger partial charge in [-0.1, -0.05) is 35.9 Å². The molecule has 1 rings (SSSR count). The van der Waals surface area contributed by atoms with Crippen molar-refractivity contribution in [2.75, 3.05) is 0 Å². The Labute approximate surface area is 121 Å². The van der Waals surface area contributed by atoms with E-state index in [0.29, 0.717) is 0 Å². The fraction of sp³-hybridized carbons (Fsp3) is 0.125. The van der Waals surface area contributed by atoms with Gasteiger partial charge in [-0.3, -0.25) is 0 Å². The molecule has 15 heavy (non-hydrogen) atoms. The van der Waals surface area contributed by atoms with Gasteiger partial charge >= 0.3 is 29.6 Å². The Hall–Kier alpha value is 0.0200. The first-order valence-corrected chi connectivity index (χ1v) is 4.75. The molecule has 1 aromatic rings. The van der Waals surface area contributed by atoms with Crippen molar-refractivity contribution < 1.29 is 8.76 Å². The summed E-state index contributed by atoms with van der Waals surface area (Å²) in [5, 5.41) is 0.000000000000000222. The second-order valence-corrected chi connectivity index (χ2v) is 2.77. The van der Waals surface area contributed by atoms with Crippen molar-refractivity contribution in [3.63, 3.8) is 0 Å². The first kappa shape index (κ1) is 20.4. The van der Waals surface area contributed by atoms with Gasteiger partial charge in [0.05, 0.1) is 0 Å². The molecule has 0 heterocycles. The van der Waals surface area contributed by atoms with Gasteiger partial charge in [0.2, 0.25) is 0 Å². The molecule has 0 atom stereocenters. The summed E-state index contributed by atoms with van der Waals surface area (Å²) >= 11 is 3.26. The molecule has 0 saturated carbocycles. The standard InChI is InChI=1S/C7H8.CH4N2S.Na.H2O2S.H/c1-7-5-3-2-4-6-7;2-1(3)4;;1-3-2;/h2-6H,1H3;(H4,2,3,4);;3H,(H,1,2);. The number of thiocarbonyl (C=S) groups is 1. The van der Waals surface area contributed by atoms with E-state index in [4.69, 9.17) is 8.76 Å². The number of thiol groups is 1. The van der Waals surface area contributed by atoms with Gasteiger partial charge in [0, 0.05) is 0 Å². The molecule has 4 nitrogen and oxygen atoms in total. The Morgan fingerprint density at radius 1 is 1.33 bits per heavy atom. The number of benzene rings is 1. The summed E-state index contributed by atoms with van der Waals surface area (Å²) in [6.45, 7) is 2.08. The number of hydrogen-bond donors (Lipinski definition) is 4. The molecular weight excluding hydrogens is 243 g/mol. The minimum atomic E-state index is -0.833. The van der Waals surface area contributed by atoms with Crippen LogP contribution in [0.2, 0.25) is 0 Å². The molecule has 0 fully saturated rings. The zero-order chi connectivity index (χ0) is 11.4. The molecule has 0 bridgehead atoms. The third kappa shape index (κ3) is 31.5. The average molecular weight is 258 g/mol. The number of nitrogens with two attached hydrogens (primary N) is 2. The van der Waals surface area contributed by atoms with E-state index in [1.807, 2.05) is 18.2 Å². The Morgan fingerprint density at radius 2 is 1.60 bits per heavy atom. The van der Waals surface area contributed by atoms with Crippen LogP contribution in [0, 0.1) is 6.92 Å². The number of hydrogen-bond acceptors (Lipinski definition) is 2.